The van der Waals surface area contributed by atoms with E-state index in [2.05, 4.69) is 55.6 Å². The van der Waals surface area contributed by atoms with Crippen molar-refractivity contribution >= 4 is 16.7 Å². The highest BCUT2D eigenvalue weighted by molar-refractivity contribution is 5.95. The van der Waals surface area contributed by atoms with Crippen LogP contribution in [-0.4, -0.2) is 24.1 Å². The predicted octanol–water partition coefficient (Wildman–Crippen LogP) is 5.11. The zero-order valence-electron chi connectivity index (χ0n) is 16.7. The summed E-state index contributed by atoms with van der Waals surface area (Å²) in [7, 11) is 0. The van der Waals surface area contributed by atoms with Crippen LogP contribution in [-0.2, 0) is 0 Å². The van der Waals surface area contributed by atoms with Gasteiger partial charge in [0.1, 0.15) is 12.1 Å². The molecule has 0 N–H and O–H groups in total. The average Bonchev–Trinajstić information content (AvgIpc) is 3.24. The number of rotatable bonds is 2. The van der Waals surface area contributed by atoms with Gasteiger partial charge in [0.2, 0.25) is 0 Å². The molecule has 144 valence electrons. The number of hydrogen-bond donors (Lipinski definition) is 0. The minimum absolute atomic E-state index is 0.279. The molecule has 0 aliphatic rings. The summed E-state index contributed by atoms with van der Waals surface area (Å²) in [6, 6.07) is 12.5. The topological polar surface area (TPSA) is 48.0 Å². The van der Waals surface area contributed by atoms with Crippen LogP contribution in [0.15, 0.2) is 48.8 Å². The standard InChI is InChI=1S/C23H20FN5/c1-13-6-5-7-19(14(13)2)29-16(4)15(3)20-22(29)25-12-28-23(20)26-21(27-28)17-8-10-18(24)11-9-17/h5-12H,1-4H3. The highest BCUT2D eigenvalue weighted by atomic mass is 19.1. The van der Waals surface area contributed by atoms with Gasteiger partial charge in [-0.15, -0.1) is 5.10 Å². The normalized spacial score (nSPS) is 11.6. The summed E-state index contributed by atoms with van der Waals surface area (Å²) in [5.41, 5.74) is 8.21. The number of aryl methyl sites for hydroxylation is 2. The maximum absolute atomic E-state index is 13.3. The van der Waals surface area contributed by atoms with Gasteiger partial charge in [-0.05, 0) is 74.7 Å². The fourth-order valence-electron chi connectivity index (χ4n) is 3.85. The van der Waals surface area contributed by atoms with Gasteiger partial charge in [-0.25, -0.2) is 18.9 Å². The van der Waals surface area contributed by atoms with Crippen molar-refractivity contribution in [1.29, 1.82) is 0 Å². The molecule has 0 fully saturated rings. The lowest BCUT2D eigenvalue weighted by atomic mass is 10.1. The molecule has 0 unspecified atom stereocenters. The Balaban J connectivity index is 1.80. The maximum atomic E-state index is 13.3. The molecule has 0 spiro atoms. The fraction of sp³-hybridized carbons (Fsp3) is 0.174. The molecule has 0 atom stereocenters. The van der Waals surface area contributed by atoms with Gasteiger partial charge in [0.05, 0.1) is 11.1 Å². The van der Waals surface area contributed by atoms with E-state index in [1.165, 1.54) is 23.3 Å². The number of hydrogen-bond acceptors (Lipinski definition) is 3. The first-order valence-electron chi connectivity index (χ1n) is 9.51. The van der Waals surface area contributed by atoms with E-state index in [1.807, 2.05) is 0 Å². The number of benzene rings is 2. The van der Waals surface area contributed by atoms with E-state index in [-0.39, 0.29) is 5.82 Å². The van der Waals surface area contributed by atoms with Crippen LogP contribution in [0, 0.1) is 33.5 Å². The molecule has 0 radical (unpaired) electrons. The van der Waals surface area contributed by atoms with Crippen LogP contribution < -0.4 is 0 Å². The quantitative estimate of drug-likeness (QED) is 0.424. The summed E-state index contributed by atoms with van der Waals surface area (Å²) in [5.74, 6) is 0.273. The fourth-order valence-corrected chi connectivity index (χ4v) is 3.85. The van der Waals surface area contributed by atoms with E-state index in [0.717, 1.165) is 39.2 Å². The third-order valence-corrected chi connectivity index (χ3v) is 5.75. The zero-order chi connectivity index (χ0) is 20.3. The van der Waals surface area contributed by atoms with Crippen molar-refractivity contribution in [3.8, 4) is 17.1 Å². The molecule has 2 aromatic carbocycles. The lowest BCUT2D eigenvalue weighted by molar-refractivity contribution is 0.628. The van der Waals surface area contributed by atoms with Crippen molar-refractivity contribution in [3.63, 3.8) is 0 Å². The van der Waals surface area contributed by atoms with Gasteiger partial charge < -0.3 is 0 Å². The van der Waals surface area contributed by atoms with E-state index in [0.29, 0.717) is 5.82 Å². The zero-order valence-corrected chi connectivity index (χ0v) is 16.7. The predicted molar refractivity (Wildman–Crippen MR) is 112 cm³/mol. The molecular weight excluding hydrogens is 365 g/mol. The first kappa shape index (κ1) is 17.6. The van der Waals surface area contributed by atoms with E-state index in [1.54, 1.807) is 23.0 Å². The van der Waals surface area contributed by atoms with E-state index in [9.17, 15) is 4.39 Å². The van der Waals surface area contributed by atoms with Crippen LogP contribution in [0.5, 0.6) is 0 Å². The molecule has 0 saturated heterocycles. The Morgan fingerprint density at radius 1 is 0.862 bits per heavy atom. The van der Waals surface area contributed by atoms with E-state index >= 15 is 0 Å². The summed E-state index contributed by atoms with van der Waals surface area (Å²) < 4.78 is 17.2. The smallest absolute Gasteiger partial charge is 0.182 e. The Kier molecular flexibility index (Phi) is 3.77. The molecule has 3 aromatic heterocycles. The third-order valence-electron chi connectivity index (χ3n) is 5.75. The van der Waals surface area contributed by atoms with E-state index in [4.69, 9.17) is 9.97 Å². The molecule has 0 aliphatic heterocycles. The van der Waals surface area contributed by atoms with Crippen molar-refractivity contribution < 1.29 is 4.39 Å². The first-order chi connectivity index (χ1) is 14.0. The first-order valence-corrected chi connectivity index (χ1v) is 9.51. The summed E-state index contributed by atoms with van der Waals surface area (Å²) in [6.07, 6.45) is 1.69. The molecule has 0 bridgehead atoms. The lowest BCUT2D eigenvalue weighted by Gasteiger charge is -2.13. The SMILES string of the molecule is Cc1cccc(-n2c(C)c(C)c3c2ncn2nc(-c4ccc(F)cc4)nc32)c1C. The highest BCUT2D eigenvalue weighted by Crippen LogP contribution is 2.32. The molecule has 0 saturated carbocycles. The van der Waals surface area contributed by atoms with Crippen molar-refractivity contribution in [2.24, 2.45) is 0 Å². The van der Waals surface area contributed by atoms with Crippen molar-refractivity contribution in [2.45, 2.75) is 27.7 Å². The Labute approximate surface area is 167 Å². The molecule has 0 amide bonds. The molecule has 5 nitrogen and oxygen atoms in total. The van der Waals surface area contributed by atoms with Crippen LogP contribution in [0.1, 0.15) is 22.4 Å². The number of nitrogens with zero attached hydrogens (tertiary/aromatic N) is 5. The number of aromatic nitrogens is 5. The Bertz CT molecular complexity index is 1390. The van der Waals surface area contributed by atoms with Gasteiger partial charge >= 0.3 is 0 Å². The molecular formula is C23H20FN5. The van der Waals surface area contributed by atoms with Gasteiger partial charge in [0, 0.05) is 11.3 Å². The number of halogens is 1. The summed E-state index contributed by atoms with van der Waals surface area (Å²) in [6.45, 7) is 8.44. The maximum Gasteiger partial charge on any atom is 0.182 e. The van der Waals surface area contributed by atoms with Gasteiger partial charge in [0.25, 0.3) is 0 Å². The van der Waals surface area contributed by atoms with Crippen LogP contribution >= 0.6 is 0 Å². The van der Waals surface area contributed by atoms with Crippen molar-refractivity contribution in [1.82, 2.24) is 24.1 Å². The van der Waals surface area contributed by atoms with E-state index < -0.39 is 0 Å². The average molecular weight is 385 g/mol. The Morgan fingerprint density at radius 3 is 2.38 bits per heavy atom. The minimum atomic E-state index is -0.279. The molecule has 5 aromatic rings. The second kappa shape index (κ2) is 6.24. The highest BCUT2D eigenvalue weighted by Gasteiger charge is 2.20. The summed E-state index contributed by atoms with van der Waals surface area (Å²) >= 11 is 0. The molecule has 6 heteroatoms. The van der Waals surface area contributed by atoms with Crippen LogP contribution in [0.3, 0.4) is 0 Å². The Morgan fingerprint density at radius 2 is 1.62 bits per heavy atom. The van der Waals surface area contributed by atoms with Crippen LogP contribution in [0.25, 0.3) is 33.8 Å². The minimum Gasteiger partial charge on any atom is -0.298 e. The molecule has 3 heterocycles. The lowest BCUT2D eigenvalue weighted by Crippen LogP contribution is -2.02. The van der Waals surface area contributed by atoms with Crippen molar-refractivity contribution in [3.05, 3.63) is 77.0 Å². The molecule has 29 heavy (non-hydrogen) atoms. The van der Waals surface area contributed by atoms with Gasteiger partial charge in [-0.1, -0.05) is 12.1 Å². The van der Waals surface area contributed by atoms with Gasteiger partial charge in [-0.3, -0.25) is 4.57 Å². The third kappa shape index (κ3) is 2.56. The molecule has 0 aliphatic carbocycles. The van der Waals surface area contributed by atoms with Crippen molar-refractivity contribution in [2.75, 3.05) is 0 Å². The largest absolute Gasteiger partial charge is 0.298 e. The monoisotopic (exact) mass is 385 g/mol. The van der Waals surface area contributed by atoms with Crippen LogP contribution in [0.2, 0.25) is 0 Å². The number of fused-ring (bicyclic) bond motifs is 3. The van der Waals surface area contributed by atoms with Gasteiger partial charge in [0.15, 0.2) is 17.1 Å². The van der Waals surface area contributed by atoms with Crippen LogP contribution in [0.4, 0.5) is 4.39 Å². The summed E-state index contributed by atoms with van der Waals surface area (Å²) in [5, 5.41) is 5.54. The second-order valence-corrected chi connectivity index (χ2v) is 7.42. The second-order valence-electron chi connectivity index (χ2n) is 7.42. The molecule has 5 rings (SSSR count). The summed E-state index contributed by atoms with van der Waals surface area (Å²) in [4.78, 5) is 9.49. The Hall–Kier alpha value is -3.54. The van der Waals surface area contributed by atoms with Gasteiger partial charge in [-0.2, -0.15) is 0 Å².